The van der Waals surface area contributed by atoms with Crippen molar-refractivity contribution in [2.75, 3.05) is 13.1 Å². The van der Waals surface area contributed by atoms with E-state index in [2.05, 4.69) is 61.5 Å². The molecule has 30 heavy (non-hydrogen) atoms. The third-order valence-corrected chi connectivity index (χ3v) is 6.38. The van der Waals surface area contributed by atoms with Gasteiger partial charge in [0.2, 0.25) is 0 Å². The predicted octanol–water partition coefficient (Wildman–Crippen LogP) is 6.02. The van der Waals surface area contributed by atoms with Crippen LogP contribution in [0.25, 0.3) is 16.5 Å². The van der Waals surface area contributed by atoms with Gasteiger partial charge in [-0.3, -0.25) is 4.79 Å². The van der Waals surface area contributed by atoms with Crippen LogP contribution in [0.15, 0.2) is 67.9 Å². The van der Waals surface area contributed by atoms with Crippen molar-refractivity contribution in [3.05, 3.63) is 90.1 Å². The van der Waals surface area contributed by atoms with Gasteiger partial charge < -0.3 is 9.88 Å². The molecule has 1 amide bonds. The Kier molecular flexibility index (Phi) is 5.89. The number of fused-ring (bicyclic) bond motifs is 1. The fourth-order valence-corrected chi connectivity index (χ4v) is 4.54. The van der Waals surface area contributed by atoms with Gasteiger partial charge in [-0.1, -0.05) is 56.5 Å². The monoisotopic (exact) mass is 398 g/mol. The average Bonchev–Trinajstić information content (AvgIpc) is 3.21. The number of piperidine rings is 1. The van der Waals surface area contributed by atoms with Crippen LogP contribution in [-0.4, -0.2) is 28.9 Å². The summed E-state index contributed by atoms with van der Waals surface area (Å²) in [4.78, 5) is 18.8. The molecule has 3 nitrogen and oxygen atoms in total. The van der Waals surface area contributed by atoms with Crippen molar-refractivity contribution in [1.29, 1.82) is 0 Å². The maximum atomic E-state index is 13.4. The maximum Gasteiger partial charge on any atom is 0.254 e. The third-order valence-electron chi connectivity index (χ3n) is 6.38. The summed E-state index contributed by atoms with van der Waals surface area (Å²) < 4.78 is 0. The molecule has 0 spiro atoms. The first-order chi connectivity index (χ1) is 14.6. The summed E-state index contributed by atoms with van der Waals surface area (Å²) in [6, 6.07) is 14.8. The van der Waals surface area contributed by atoms with Crippen LogP contribution in [0.3, 0.4) is 0 Å². The average molecular weight is 399 g/mol. The summed E-state index contributed by atoms with van der Waals surface area (Å²) in [5.41, 5.74) is 6.23. The van der Waals surface area contributed by atoms with Gasteiger partial charge in [-0.25, -0.2) is 0 Å². The second-order valence-corrected chi connectivity index (χ2v) is 8.27. The van der Waals surface area contributed by atoms with Crippen LogP contribution in [-0.2, 0) is 12.8 Å². The first-order valence-corrected chi connectivity index (χ1v) is 10.9. The number of carbonyl (C=O) groups is 1. The Hall–Kier alpha value is -3.07. The topological polar surface area (TPSA) is 36.1 Å². The fraction of sp³-hybridized carbons (Fsp3) is 0.296. The highest BCUT2D eigenvalue weighted by molar-refractivity contribution is 6.03. The van der Waals surface area contributed by atoms with Crippen molar-refractivity contribution < 1.29 is 4.79 Å². The minimum Gasteiger partial charge on any atom is -0.361 e. The first kappa shape index (κ1) is 20.2. The SMILES string of the molecule is C=CC(=C)c1c[nH]c2cc(CC)c(C(=O)N3CCC(Cc4ccccc4)CC3)cc12. The Labute approximate surface area is 179 Å². The summed E-state index contributed by atoms with van der Waals surface area (Å²) >= 11 is 0. The van der Waals surface area contributed by atoms with Crippen LogP contribution in [0.1, 0.15) is 46.8 Å². The van der Waals surface area contributed by atoms with Crippen LogP contribution in [0, 0.1) is 5.92 Å². The number of H-pyrrole nitrogens is 1. The van der Waals surface area contributed by atoms with Gasteiger partial charge in [0.15, 0.2) is 0 Å². The van der Waals surface area contributed by atoms with Gasteiger partial charge in [-0.05, 0) is 60.4 Å². The van der Waals surface area contributed by atoms with Gasteiger partial charge in [-0.2, -0.15) is 0 Å². The lowest BCUT2D eigenvalue weighted by molar-refractivity contribution is 0.0689. The summed E-state index contributed by atoms with van der Waals surface area (Å²) in [6.07, 6.45) is 7.77. The van der Waals surface area contributed by atoms with E-state index < -0.39 is 0 Å². The molecule has 154 valence electrons. The minimum atomic E-state index is 0.156. The smallest absolute Gasteiger partial charge is 0.254 e. The van der Waals surface area contributed by atoms with Crippen LogP contribution < -0.4 is 0 Å². The number of aromatic amines is 1. The molecule has 0 aliphatic carbocycles. The molecule has 1 aliphatic rings. The van der Waals surface area contributed by atoms with Gasteiger partial charge in [0.25, 0.3) is 5.91 Å². The summed E-state index contributed by atoms with van der Waals surface area (Å²) in [6.45, 7) is 11.7. The molecular formula is C27H30N2O. The molecule has 1 fully saturated rings. The summed E-state index contributed by atoms with van der Waals surface area (Å²) in [5, 5.41) is 1.04. The molecule has 2 aromatic carbocycles. The number of hydrogen-bond donors (Lipinski definition) is 1. The van der Waals surface area contributed by atoms with E-state index in [0.29, 0.717) is 5.92 Å². The Morgan fingerprint density at radius 2 is 1.90 bits per heavy atom. The second kappa shape index (κ2) is 8.74. The van der Waals surface area contributed by atoms with E-state index in [0.717, 1.165) is 71.9 Å². The number of amides is 1. The van der Waals surface area contributed by atoms with Crippen LogP contribution in [0.4, 0.5) is 0 Å². The van der Waals surface area contributed by atoms with Crippen LogP contribution in [0.5, 0.6) is 0 Å². The molecule has 4 rings (SSSR count). The molecule has 1 aromatic heterocycles. The van der Waals surface area contributed by atoms with Gasteiger partial charge in [0.05, 0.1) is 0 Å². The molecule has 0 unspecified atom stereocenters. The maximum absolute atomic E-state index is 13.4. The first-order valence-electron chi connectivity index (χ1n) is 10.9. The van der Waals surface area contributed by atoms with E-state index in [9.17, 15) is 4.79 Å². The van der Waals surface area contributed by atoms with Crippen LogP contribution >= 0.6 is 0 Å². The molecule has 1 N–H and O–H groups in total. The van der Waals surface area contributed by atoms with Gasteiger partial charge in [-0.15, -0.1) is 0 Å². The standard InChI is InChI=1S/C27H30N2O/c1-4-19(3)25-18-28-26-16-22(5-2)23(17-24(25)26)27(30)29-13-11-21(12-14-29)15-20-9-7-6-8-10-20/h4,6-10,16-18,21,28H,1,3,5,11-15H2,2H3. The Bertz CT molecular complexity index is 1070. The number of nitrogens with zero attached hydrogens (tertiary/aromatic N) is 1. The van der Waals surface area contributed by atoms with Crippen molar-refractivity contribution in [2.24, 2.45) is 5.92 Å². The highest BCUT2D eigenvalue weighted by Crippen LogP contribution is 2.30. The molecule has 1 aliphatic heterocycles. The molecule has 1 saturated heterocycles. The quantitative estimate of drug-likeness (QED) is 0.506. The largest absolute Gasteiger partial charge is 0.361 e. The number of aromatic nitrogens is 1. The number of likely N-dealkylation sites (tertiary alicyclic amines) is 1. The van der Waals surface area contributed by atoms with Crippen molar-refractivity contribution in [3.63, 3.8) is 0 Å². The van der Waals surface area contributed by atoms with Crippen molar-refractivity contribution >= 4 is 22.4 Å². The number of carbonyl (C=O) groups excluding carboxylic acids is 1. The molecule has 3 heteroatoms. The van der Waals surface area contributed by atoms with E-state index in [1.54, 1.807) is 6.08 Å². The van der Waals surface area contributed by atoms with Gasteiger partial charge >= 0.3 is 0 Å². The minimum absolute atomic E-state index is 0.156. The normalized spacial score (nSPS) is 14.8. The second-order valence-electron chi connectivity index (χ2n) is 8.27. The van der Waals surface area contributed by atoms with E-state index in [1.165, 1.54) is 5.56 Å². The summed E-state index contributed by atoms with van der Waals surface area (Å²) in [7, 11) is 0. The van der Waals surface area contributed by atoms with E-state index in [1.807, 2.05) is 17.2 Å². The Balaban J connectivity index is 1.53. The molecule has 0 radical (unpaired) electrons. The van der Waals surface area contributed by atoms with Crippen molar-refractivity contribution in [1.82, 2.24) is 9.88 Å². The molecule has 3 aromatic rings. The molecule has 0 saturated carbocycles. The zero-order valence-electron chi connectivity index (χ0n) is 17.8. The zero-order valence-corrected chi connectivity index (χ0v) is 17.8. The number of rotatable bonds is 6. The van der Waals surface area contributed by atoms with E-state index in [4.69, 9.17) is 0 Å². The third kappa shape index (κ3) is 3.97. The van der Waals surface area contributed by atoms with Gasteiger partial charge in [0, 0.05) is 41.3 Å². The van der Waals surface area contributed by atoms with E-state index in [-0.39, 0.29) is 5.91 Å². The lowest BCUT2D eigenvalue weighted by atomic mass is 9.89. The number of hydrogen-bond acceptors (Lipinski definition) is 1. The molecule has 0 atom stereocenters. The molecule has 2 heterocycles. The van der Waals surface area contributed by atoms with Crippen LogP contribution in [0.2, 0.25) is 0 Å². The lowest BCUT2D eigenvalue weighted by Gasteiger charge is -2.32. The summed E-state index contributed by atoms with van der Waals surface area (Å²) in [5.74, 6) is 0.806. The van der Waals surface area contributed by atoms with Gasteiger partial charge in [0.1, 0.15) is 0 Å². The van der Waals surface area contributed by atoms with Crippen molar-refractivity contribution in [3.8, 4) is 0 Å². The van der Waals surface area contributed by atoms with E-state index >= 15 is 0 Å². The number of nitrogens with one attached hydrogen (secondary N) is 1. The predicted molar refractivity (Wildman–Crippen MR) is 126 cm³/mol. The lowest BCUT2D eigenvalue weighted by Crippen LogP contribution is -2.39. The highest BCUT2D eigenvalue weighted by atomic mass is 16.2. The number of allylic oxidation sites excluding steroid dienone is 2. The Morgan fingerprint density at radius 3 is 2.57 bits per heavy atom. The van der Waals surface area contributed by atoms with Crippen molar-refractivity contribution in [2.45, 2.75) is 32.6 Å². The Morgan fingerprint density at radius 1 is 1.17 bits per heavy atom. The number of aryl methyl sites for hydroxylation is 1. The zero-order chi connectivity index (χ0) is 21.1. The highest BCUT2D eigenvalue weighted by Gasteiger charge is 2.25. The molecule has 0 bridgehead atoms. The molecular weight excluding hydrogens is 368 g/mol. The number of benzene rings is 2. The fourth-order valence-electron chi connectivity index (χ4n) is 4.54.